The summed E-state index contributed by atoms with van der Waals surface area (Å²) in [5.74, 6) is 0.718. The van der Waals surface area contributed by atoms with E-state index in [-0.39, 0.29) is 28.8 Å². The summed E-state index contributed by atoms with van der Waals surface area (Å²) in [6, 6.07) is 15.5. The summed E-state index contributed by atoms with van der Waals surface area (Å²) in [4.78, 5) is 27.0. The molecule has 0 aromatic heterocycles. The first-order valence-corrected chi connectivity index (χ1v) is 12.1. The predicted molar refractivity (Wildman–Crippen MR) is 137 cm³/mol. The fourth-order valence-electron chi connectivity index (χ4n) is 3.84. The smallest absolute Gasteiger partial charge is 0.271 e. The molecule has 0 aliphatic heterocycles. The van der Waals surface area contributed by atoms with Gasteiger partial charge in [-0.2, -0.15) is 5.10 Å². The number of aromatic hydroxyl groups is 1. The summed E-state index contributed by atoms with van der Waals surface area (Å²) >= 11 is 5.87. The van der Waals surface area contributed by atoms with Crippen molar-refractivity contribution < 1.29 is 19.4 Å². The predicted octanol–water partition coefficient (Wildman–Crippen LogP) is 4.99. The largest absolute Gasteiger partial charge is 0.506 e. The van der Waals surface area contributed by atoms with Gasteiger partial charge in [0.2, 0.25) is 0 Å². The monoisotopic (exact) mass is 493 g/mol. The molecule has 4 rings (SSSR count). The summed E-state index contributed by atoms with van der Waals surface area (Å²) in [5.41, 5.74) is 3.53. The van der Waals surface area contributed by atoms with Gasteiger partial charge in [-0.25, -0.2) is 5.43 Å². The fraction of sp³-hybridized carbons (Fsp3) is 0.296. The molecule has 8 heteroatoms. The van der Waals surface area contributed by atoms with Gasteiger partial charge in [-0.15, -0.1) is 0 Å². The van der Waals surface area contributed by atoms with Crippen molar-refractivity contribution in [3.63, 3.8) is 0 Å². The Hall–Kier alpha value is -3.58. The normalized spacial score (nSPS) is 13.2. The molecule has 7 nitrogen and oxygen atoms in total. The third-order valence-corrected chi connectivity index (χ3v) is 6.17. The van der Waals surface area contributed by atoms with Gasteiger partial charge in [0.25, 0.3) is 11.8 Å². The highest BCUT2D eigenvalue weighted by atomic mass is 35.5. The number of nitrogens with zero attached hydrogens (tertiary/aromatic N) is 2. The van der Waals surface area contributed by atoms with Gasteiger partial charge in [0.1, 0.15) is 11.5 Å². The first-order valence-electron chi connectivity index (χ1n) is 11.7. The Morgan fingerprint density at radius 3 is 2.66 bits per heavy atom. The molecule has 1 fully saturated rings. The second kappa shape index (κ2) is 11.2. The number of carbonyl (C=O) groups excluding carboxylic acids is 2. The lowest BCUT2D eigenvalue weighted by molar-refractivity contribution is -0.133. The number of fused-ring (bicyclic) bond motifs is 1. The Labute approximate surface area is 209 Å². The maximum absolute atomic E-state index is 12.8. The third kappa shape index (κ3) is 6.31. The van der Waals surface area contributed by atoms with Crippen LogP contribution in [0, 0.1) is 5.92 Å². The summed E-state index contributed by atoms with van der Waals surface area (Å²) < 4.78 is 5.95. The molecular formula is C27H28ClN3O4. The number of hydrogen-bond donors (Lipinski definition) is 2. The molecule has 1 saturated carbocycles. The molecular weight excluding hydrogens is 466 g/mol. The lowest BCUT2D eigenvalue weighted by Gasteiger charge is -2.22. The number of benzene rings is 3. The highest BCUT2D eigenvalue weighted by molar-refractivity contribution is 6.32. The van der Waals surface area contributed by atoms with Gasteiger partial charge in [-0.3, -0.25) is 9.59 Å². The van der Waals surface area contributed by atoms with E-state index in [1.54, 1.807) is 6.21 Å². The van der Waals surface area contributed by atoms with Crippen LogP contribution < -0.4 is 10.2 Å². The minimum absolute atomic E-state index is 0.00457. The Morgan fingerprint density at radius 2 is 1.94 bits per heavy atom. The first kappa shape index (κ1) is 24.5. The number of amides is 2. The van der Waals surface area contributed by atoms with Crippen LogP contribution in [0.15, 0.2) is 59.7 Å². The molecule has 0 heterocycles. The third-order valence-electron chi connectivity index (χ3n) is 5.87. The van der Waals surface area contributed by atoms with Crippen molar-refractivity contribution in [2.45, 2.75) is 26.2 Å². The van der Waals surface area contributed by atoms with Crippen LogP contribution in [-0.4, -0.2) is 47.7 Å². The van der Waals surface area contributed by atoms with Crippen molar-refractivity contribution in [2.24, 2.45) is 11.0 Å². The van der Waals surface area contributed by atoms with E-state index in [9.17, 15) is 14.7 Å². The van der Waals surface area contributed by atoms with Crippen LogP contribution >= 0.6 is 11.6 Å². The first-order chi connectivity index (χ1) is 17.0. The second-order valence-electron chi connectivity index (χ2n) is 8.64. The Balaban J connectivity index is 1.44. The zero-order valence-corrected chi connectivity index (χ0v) is 20.3. The SMILES string of the molecule is CCCN(CC1CC1)C(=O)COc1ccc(C=NNC(=O)c2ccc(O)c(Cl)c2)c2ccccc12. The van der Waals surface area contributed by atoms with Crippen molar-refractivity contribution in [3.05, 3.63) is 70.7 Å². The van der Waals surface area contributed by atoms with Crippen molar-refractivity contribution >= 4 is 40.4 Å². The number of halogens is 1. The molecule has 182 valence electrons. The Kier molecular flexibility index (Phi) is 7.87. The van der Waals surface area contributed by atoms with Gasteiger partial charge in [-0.1, -0.05) is 42.8 Å². The maximum atomic E-state index is 12.8. The van der Waals surface area contributed by atoms with E-state index in [4.69, 9.17) is 16.3 Å². The van der Waals surface area contributed by atoms with Crippen LogP contribution in [-0.2, 0) is 4.79 Å². The highest BCUT2D eigenvalue weighted by Crippen LogP contribution is 2.30. The molecule has 0 radical (unpaired) electrons. The number of phenolic OH excluding ortho intramolecular Hbond substituents is 1. The average Bonchev–Trinajstić information content (AvgIpc) is 3.68. The molecule has 2 N–H and O–H groups in total. The van der Waals surface area contributed by atoms with Gasteiger partial charge in [-0.05, 0) is 60.9 Å². The minimum atomic E-state index is -0.450. The average molecular weight is 494 g/mol. The Bertz CT molecular complexity index is 1260. The van der Waals surface area contributed by atoms with Crippen LogP contribution in [0.25, 0.3) is 10.8 Å². The standard InChI is InChI=1S/C27H28ClN3O4/c1-2-13-31(16-18-7-8-18)26(33)17-35-25-12-10-20(21-5-3-4-6-22(21)25)15-29-30-27(34)19-9-11-24(32)23(28)14-19/h3-6,9-12,14-15,18,32H,2,7-8,13,16-17H2,1H3,(H,30,34). The molecule has 35 heavy (non-hydrogen) atoms. The van der Waals surface area contributed by atoms with Crippen LogP contribution in [0.3, 0.4) is 0 Å². The van der Waals surface area contributed by atoms with Gasteiger partial charge >= 0.3 is 0 Å². The molecule has 0 bridgehead atoms. The van der Waals surface area contributed by atoms with Crippen molar-refractivity contribution in [3.8, 4) is 11.5 Å². The number of hydrazone groups is 1. The molecule has 0 unspecified atom stereocenters. The molecule has 3 aromatic carbocycles. The van der Waals surface area contributed by atoms with E-state index in [0.29, 0.717) is 11.7 Å². The van der Waals surface area contributed by atoms with Crippen LogP contribution in [0.1, 0.15) is 42.1 Å². The minimum Gasteiger partial charge on any atom is -0.506 e. The lowest BCUT2D eigenvalue weighted by atomic mass is 10.0. The quantitative estimate of drug-likeness (QED) is 0.307. The maximum Gasteiger partial charge on any atom is 0.271 e. The van der Waals surface area contributed by atoms with E-state index in [0.717, 1.165) is 35.8 Å². The van der Waals surface area contributed by atoms with Gasteiger partial charge < -0.3 is 14.7 Å². The number of nitrogens with one attached hydrogen (secondary N) is 1. The van der Waals surface area contributed by atoms with Gasteiger partial charge in [0.15, 0.2) is 6.61 Å². The molecule has 3 aromatic rings. The number of hydrogen-bond acceptors (Lipinski definition) is 5. The van der Waals surface area contributed by atoms with Gasteiger partial charge in [0, 0.05) is 29.6 Å². The molecule has 1 aliphatic carbocycles. The molecule has 0 spiro atoms. The van der Waals surface area contributed by atoms with E-state index < -0.39 is 5.91 Å². The van der Waals surface area contributed by atoms with Crippen LogP contribution in [0.4, 0.5) is 0 Å². The van der Waals surface area contributed by atoms with Crippen LogP contribution in [0.5, 0.6) is 11.5 Å². The number of carbonyl (C=O) groups is 2. The summed E-state index contributed by atoms with van der Waals surface area (Å²) in [7, 11) is 0. The van der Waals surface area contributed by atoms with E-state index in [1.807, 2.05) is 41.3 Å². The topological polar surface area (TPSA) is 91.2 Å². The zero-order valence-electron chi connectivity index (χ0n) is 19.5. The fourth-order valence-corrected chi connectivity index (χ4v) is 4.02. The molecule has 1 aliphatic rings. The molecule has 2 amide bonds. The van der Waals surface area contributed by atoms with Crippen molar-refractivity contribution in [1.82, 2.24) is 10.3 Å². The van der Waals surface area contributed by atoms with Crippen LogP contribution in [0.2, 0.25) is 5.02 Å². The highest BCUT2D eigenvalue weighted by Gasteiger charge is 2.26. The zero-order chi connectivity index (χ0) is 24.8. The van der Waals surface area contributed by atoms with E-state index in [1.165, 1.54) is 31.0 Å². The summed E-state index contributed by atoms with van der Waals surface area (Å²) in [6.45, 7) is 3.63. The summed E-state index contributed by atoms with van der Waals surface area (Å²) in [5, 5.41) is 15.4. The summed E-state index contributed by atoms with van der Waals surface area (Å²) in [6.07, 6.45) is 4.87. The lowest BCUT2D eigenvalue weighted by Crippen LogP contribution is -2.37. The number of phenols is 1. The van der Waals surface area contributed by atoms with E-state index >= 15 is 0 Å². The van der Waals surface area contributed by atoms with Crippen molar-refractivity contribution in [1.29, 1.82) is 0 Å². The second-order valence-corrected chi connectivity index (χ2v) is 9.04. The Morgan fingerprint density at radius 1 is 1.17 bits per heavy atom. The number of ether oxygens (including phenoxy) is 1. The van der Waals surface area contributed by atoms with Crippen molar-refractivity contribution in [2.75, 3.05) is 19.7 Å². The van der Waals surface area contributed by atoms with E-state index in [2.05, 4.69) is 17.5 Å². The number of rotatable bonds is 10. The molecule has 0 atom stereocenters. The van der Waals surface area contributed by atoms with Gasteiger partial charge in [0.05, 0.1) is 11.2 Å². The molecule has 0 saturated heterocycles.